The number of carbonyl (C=O) groups excluding carboxylic acids is 1. The van der Waals surface area contributed by atoms with E-state index in [2.05, 4.69) is 17.6 Å². The van der Waals surface area contributed by atoms with Crippen LogP contribution in [0.4, 0.5) is 10.5 Å². The number of rotatable bonds is 9. The molecule has 9 heteroatoms. The maximum atomic E-state index is 12.6. The van der Waals surface area contributed by atoms with Crippen LogP contribution < -0.4 is 15.4 Å². The average Bonchev–Trinajstić information content (AvgIpc) is 3.01. The second kappa shape index (κ2) is 13.6. The van der Waals surface area contributed by atoms with Crippen LogP contribution in [0.3, 0.4) is 0 Å². The maximum absolute atomic E-state index is 12.6. The highest BCUT2D eigenvalue weighted by molar-refractivity contribution is 7.99. The standard InChI is InChI=1S/C32H33N3O5S/c1-22-28(21-41-29-12-5-6-17-35(29)38)39-31(40-30(22)25-15-13-24(20-36)14-16-25)26-10-7-11-27(18-26)34-32(37)33-19-23-8-3-2-4-9-23/h2-18,22,28,30-31,36H,19-21H2,1H3,(H2,33,34,37)/t22-,28+,30+,31+/m1/s1. The summed E-state index contributed by atoms with van der Waals surface area (Å²) >= 11 is 1.44. The molecule has 1 aliphatic rings. The molecule has 1 fully saturated rings. The van der Waals surface area contributed by atoms with Gasteiger partial charge in [-0.1, -0.05) is 85.4 Å². The molecular weight excluding hydrogens is 538 g/mol. The molecule has 3 aromatic carbocycles. The molecule has 0 aliphatic carbocycles. The Hall–Kier alpha value is -3.89. The fourth-order valence-electron chi connectivity index (χ4n) is 4.72. The van der Waals surface area contributed by atoms with Gasteiger partial charge in [0.15, 0.2) is 12.5 Å². The number of amides is 2. The zero-order valence-electron chi connectivity index (χ0n) is 22.7. The van der Waals surface area contributed by atoms with Gasteiger partial charge in [0, 0.05) is 41.6 Å². The molecule has 0 unspecified atom stereocenters. The zero-order chi connectivity index (χ0) is 28.6. The predicted molar refractivity (Wildman–Crippen MR) is 158 cm³/mol. The van der Waals surface area contributed by atoms with Crippen LogP contribution in [0.2, 0.25) is 0 Å². The Morgan fingerprint density at radius 2 is 1.71 bits per heavy atom. The minimum atomic E-state index is -0.691. The number of nitrogens with one attached hydrogen (secondary N) is 2. The molecule has 0 spiro atoms. The van der Waals surface area contributed by atoms with E-state index in [1.165, 1.54) is 18.0 Å². The van der Waals surface area contributed by atoms with Gasteiger partial charge >= 0.3 is 6.03 Å². The van der Waals surface area contributed by atoms with Crippen LogP contribution in [-0.2, 0) is 22.6 Å². The third-order valence-electron chi connectivity index (χ3n) is 7.02. The minimum Gasteiger partial charge on any atom is -0.618 e. The Morgan fingerprint density at radius 1 is 0.927 bits per heavy atom. The van der Waals surface area contributed by atoms with E-state index in [-0.39, 0.29) is 30.8 Å². The average molecular weight is 572 g/mol. The maximum Gasteiger partial charge on any atom is 0.319 e. The summed E-state index contributed by atoms with van der Waals surface area (Å²) in [5.41, 5.74) is 4.19. The number of nitrogens with zero attached hydrogens (tertiary/aromatic N) is 1. The number of aliphatic hydroxyl groups is 1. The first kappa shape index (κ1) is 28.6. The summed E-state index contributed by atoms with van der Waals surface area (Å²) in [6, 6.07) is 29.9. The fourth-order valence-corrected chi connectivity index (χ4v) is 5.80. The normalized spacial score (nSPS) is 20.3. The van der Waals surface area contributed by atoms with Crippen molar-refractivity contribution < 1.29 is 24.1 Å². The number of thioether (sulfide) groups is 1. The molecule has 0 saturated carbocycles. The van der Waals surface area contributed by atoms with Crippen LogP contribution >= 0.6 is 11.8 Å². The van der Waals surface area contributed by atoms with E-state index in [4.69, 9.17) is 9.47 Å². The van der Waals surface area contributed by atoms with Crippen molar-refractivity contribution in [3.05, 3.63) is 131 Å². The number of urea groups is 1. The number of aromatic nitrogens is 1. The van der Waals surface area contributed by atoms with Gasteiger partial charge in [-0.3, -0.25) is 0 Å². The van der Waals surface area contributed by atoms with Gasteiger partial charge in [0.05, 0.1) is 18.8 Å². The summed E-state index contributed by atoms with van der Waals surface area (Å²) in [5, 5.41) is 28.1. The lowest BCUT2D eigenvalue weighted by molar-refractivity contribution is -0.645. The van der Waals surface area contributed by atoms with Crippen LogP contribution in [0.5, 0.6) is 0 Å². The smallest absolute Gasteiger partial charge is 0.319 e. The third-order valence-corrected chi connectivity index (χ3v) is 8.13. The Balaban J connectivity index is 1.33. The first-order valence-corrected chi connectivity index (χ1v) is 14.5. The van der Waals surface area contributed by atoms with Gasteiger partial charge in [-0.2, -0.15) is 4.73 Å². The Labute approximate surface area is 243 Å². The summed E-state index contributed by atoms with van der Waals surface area (Å²) in [6.07, 6.45) is 0.281. The van der Waals surface area contributed by atoms with Crippen LogP contribution in [0.15, 0.2) is 108 Å². The quantitative estimate of drug-likeness (QED) is 0.135. The lowest BCUT2D eigenvalue weighted by Gasteiger charge is -2.41. The first-order chi connectivity index (χ1) is 20.0. The third kappa shape index (κ3) is 7.45. The molecule has 3 N–H and O–H groups in total. The molecule has 8 nitrogen and oxygen atoms in total. The molecule has 0 radical (unpaired) electrons. The SMILES string of the molecule is C[C@@H]1[C@H](CSc2cccc[n+]2[O-])O[C@H](c2cccc(NC(=O)NCc3ccccc3)c2)O[C@@H]1c1ccc(CO)cc1. The summed E-state index contributed by atoms with van der Waals surface area (Å²) < 4.78 is 13.9. The van der Waals surface area contributed by atoms with Crippen LogP contribution in [0.25, 0.3) is 0 Å². The van der Waals surface area contributed by atoms with Crippen LogP contribution in [0, 0.1) is 11.1 Å². The number of aliphatic hydroxyl groups excluding tert-OH is 1. The van der Waals surface area contributed by atoms with Gasteiger partial charge in [-0.05, 0) is 34.9 Å². The topological polar surface area (TPSA) is 107 Å². The van der Waals surface area contributed by atoms with E-state index in [9.17, 15) is 15.1 Å². The van der Waals surface area contributed by atoms with Crippen molar-refractivity contribution in [2.24, 2.45) is 5.92 Å². The van der Waals surface area contributed by atoms with Crippen molar-refractivity contribution in [3.8, 4) is 0 Å². The molecule has 2 amide bonds. The van der Waals surface area contributed by atoms with E-state index >= 15 is 0 Å². The molecule has 1 saturated heterocycles. The largest absolute Gasteiger partial charge is 0.618 e. The minimum absolute atomic E-state index is 0.0207. The van der Waals surface area contributed by atoms with Gasteiger partial charge in [-0.25, -0.2) is 4.79 Å². The van der Waals surface area contributed by atoms with Crippen molar-refractivity contribution in [2.45, 2.75) is 43.6 Å². The van der Waals surface area contributed by atoms with E-state index in [0.717, 1.165) is 27.0 Å². The molecule has 2 heterocycles. The lowest BCUT2D eigenvalue weighted by Crippen LogP contribution is -2.39. The number of hydrogen-bond acceptors (Lipinski definition) is 6. The van der Waals surface area contributed by atoms with Gasteiger partial charge in [0.2, 0.25) is 0 Å². The fraction of sp³-hybridized carbons (Fsp3) is 0.250. The number of anilines is 1. The highest BCUT2D eigenvalue weighted by Gasteiger charge is 2.38. The Kier molecular flexibility index (Phi) is 9.53. The van der Waals surface area contributed by atoms with Gasteiger partial charge in [0.25, 0.3) is 5.03 Å². The molecule has 0 bridgehead atoms. The number of carbonyl (C=O) groups is 1. The second-order valence-electron chi connectivity index (χ2n) is 9.92. The van der Waals surface area contributed by atoms with E-state index in [1.807, 2.05) is 84.9 Å². The summed E-state index contributed by atoms with van der Waals surface area (Å²) in [5.74, 6) is 0.533. The summed E-state index contributed by atoms with van der Waals surface area (Å²) in [6.45, 7) is 2.47. The van der Waals surface area contributed by atoms with E-state index < -0.39 is 6.29 Å². The Bertz CT molecular complexity index is 1440. The predicted octanol–water partition coefficient (Wildman–Crippen LogP) is 5.72. The van der Waals surface area contributed by atoms with Gasteiger partial charge in [-0.15, -0.1) is 0 Å². The molecule has 41 heavy (non-hydrogen) atoms. The molecule has 1 aromatic heterocycles. The summed E-state index contributed by atoms with van der Waals surface area (Å²) in [4.78, 5) is 12.6. The highest BCUT2D eigenvalue weighted by Crippen LogP contribution is 2.43. The summed E-state index contributed by atoms with van der Waals surface area (Å²) in [7, 11) is 0. The van der Waals surface area contributed by atoms with Crippen molar-refractivity contribution in [1.29, 1.82) is 0 Å². The number of hydrogen-bond donors (Lipinski definition) is 3. The molecule has 212 valence electrons. The van der Waals surface area contributed by atoms with E-state index in [1.54, 1.807) is 12.1 Å². The van der Waals surface area contributed by atoms with Crippen molar-refractivity contribution in [1.82, 2.24) is 5.32 Å². The number of benzene rings is 3. The second-order valence-corrected chi connectivity index (χ2v) is 11.0. The van der Waals surface area contributed by atoms with Crippen molar-refractivity contribution in [3.63, 3.8) is 0 Å². The van der Waals surface area contributed by atoms with Crippen molar-refractivity contribution >= 4 is 23.5 Å². The van der Waals surface area contributed by atoms with Crippen LogP contribution in [-0.4, -0.2) is 23.0 Å². The van der Waals surface area contributed by atoms with Gasteiger partial charge < -0.3 is 30.4 Å². The molecule has 4 aromatic rings. The van der Waals surface area contributed by atoms with Gasteiger partial charge in [0.1, 0.15) is 0 Å². The lowest BCUT2D eigenvalue weighted by atomic mass is 9.91. The molecule has 5 rings (SSSR count). The molecular formula is C32H33N3O5S. The number of ether oxygens (including phenoxy) is 2. The highest BCUT2D eigenvalue weighted by atomic mass is 32.2. The monoisotopic (exact) mass is 571 g/mol. The zero-order valence-corrected chi connectivity index (χ0v) is 23.5. The van der Waals surface area contributed by atoms with E-state index in [0.29, 0.717) is 23.0 Å². The Morgan fingerprint density at radius 3 is 2.46 bits per heavy atom. The molecule has 1 aliphatic heterocycles. The van der Waals surface area contributed by atoms with Crippen LogP contribution in [0.1, 0.15) is 41.6 Å². The number of pyridine rings is 1. The molecule has 4 atom stereocenters. The first-order valence-electron chi connectivity index (χ1n) is 13.5. The van der Waals surface area contributed by atoms with Crippen molar-refractivity contribution in [2.75, 3.05) is 11.1 Å².